The van der Waals surface area contributed by atoms with Crippen molar-refractivity contribution in [3.05, 3.63) is 36.0 Å². The number of fused-ring (bicyclic) bond motifs is 1. The van der Waals surface area contributed by atoms with Crippen molar-refractivity contribution in [2.45, 2.75) is 24.9 Å². The van der Waals surface area contributed by atoms with E-state index in [4.69, 9.17) is 15.9 Å². The Balaban J connectivity index is 2.24. The van der Waals surface area contributed by atoms with Crippen LogP contribution in [-0.4, -0.2) is 70.0 Å². The molecule has 1 aromatic heterocycles. The number of rotatable bonds is 11. The summed E-state index contributed by atoms with van der Waals surface area (Å²) in [6.45, 7) is -1.12. The van der Waals surface area contributed by atoms with Crippen LogP contribution in [0.25, 0.3) is 10.9 Å². The zero-order valence-electron chi connectivity index (χ0n) is 16.4. The van der Waals surface area contributed by atoms with Crippen LogP contribution in [0, 0.1) is 0 Å². The molecule has 0 radical (unpaired) electrons. The van der Waals surface area contributed by atoms with E-state index in [1.807, 2.05) is 18.2 Å². The molecule has 1 aromatic carbocycles. The number of hydrogen-bond donors (Lipinski definition) is 7. The van der Waals surface area contributed by atoms with Gasteiger partial charge in [0.15, 0.2) is 0 Å². The average Bonchev–Trinajstić information content (AvgIpc) is 3.13. The van der Waals surface area contributed by atoms with E-state index in [1.165, 1.54) is 0 Å². The number of carbonyl (C=O) groups is 5. The minimum atomic E-state index is -1.47. The minimum absolute atomic E-state index is 0.00810. The highest BCUT2D eigenvalue weighted by atomic mass is 16.4. The van der Waals surface area contributed by atoms with Gasteiger partial charge in [0.2, 0.25) is 17.7 Å². The van der Waals surface area contributed by atoms with E-state index in [0.717, 1.165) is 10.9 Å². The standard InChI is InChI=1S/C19H23N5O7/c20-7-15(25)23-14(6-16(26)27)19(31)24-13(18(30)22-9-17(28)29)5-10-8-21-12-4-2-1-3-11(10)12/h1-4,8,13-14,21H,5-7,9,20H2,(H,22,30)(H,23,25)(H,24,31)(H,26,27)(H,28,29). The molecule has 0 saturated carbocycles. The lowest BCUT2D eigenvalue weighted by molar-refractivity contribution is -0.141. The first-order valence-electron chi connectivity index (χ1n) is 9.27. The van der Waals surface area contributed by atoms with Gasteiger partial charge < -0.3 is 36.9 Å². The van der Waals surface area contributed by atoms with Gasteiger partial charge in [-0.3, -0.25) is 24.0 Å². The second-order valence-electron chi connectivity index (χ2n) is 6.66. The number of nitrogens with two attached hydrogens (primary N) is 1. The lowest BCUT2D eigenvalue weighted by Crippen LogP contribution is -2.55. The molecule has 0 aliphatic rings. The number of carboxylic acid groups (broad SMARTS) is 2. The van der Waals surface area contributed by atoms with Crippen molar-refractivity contribution in [2.24, 2.45) is 5.73 Å². The highest BCUT2D eigenvalue weighted by Gasteiger charge is 2.29. The van der Waals surface area contributed by atoms with Crippen LogP contribution in [0.1, 0.15) is 12.0 Å². The van der Waals surface area contributed by atoms with Gasteiger partial charge in [-0.25, -0.2) is 0 Å². The molecule has 3 amide bonds. The van der Waals surface area contributed by atoms with E-state index in [1.54, 1.807) is 12.3 Å². The summed E-state index contributed by atoms with van der Waals surface area (Å²) < 4.78 is 0. The number of aliphatic carboxylic acids is 2. The monoisotopic (exact) mass is 433 g/mol. The van der Waals surface area contributed by atoms with Crippen molar-refractivity contribution in [1.29, 1.82) is 0 Å². The first-order chi connectivity index (χ1) is 14.7. The van der Waals surface area contributed by atoms with E-state index in [-0.39, 0.29) is 6.42 Å². The maximum atomic E-state index is 12.6. The Morgan fingerprint density at radius 1 is 0.968 bits per heavy atom. The van der Waals surface area contributed by atoms with E-state index in [0.29, 0.717) is 5.56 Å². The van der Waals surface area contributed by atoms with Gasteiger partial charge in [0.25, 0.3) is 0 Å². The van der Waals surface area contributed by atoms with Gasteiger partial charge in [-0.2, -0.15) is 0 Å². The van der Waals surface area contributed by atoms with Crippen LogP contribution in [0.3, 0.4) is 0 Å². The van der Waals surface area contributed by atoms with Gasteiger partial charge in [0.05, 0.1) is 13.0 Å². The van der Waals surface area contributed by atoms with E-state index < -0.39 is 61.3 Å². The summed E-state index contributed by atoms with van der Waals surface area (Å²) >= 11 is 0. The third kappa shape index (κ3) is 6.82. The van der Waals surface area contributed by atoms with Crippen LogP contribution in [-0.2, 0) is 30.4 Å². The molecule has 8 N–H and O–H groups in total. The quantitative estimate of drug-likeness (QED) is 0.217. The van der Waals surface area contributed by atoms with Gasteiger partial charge in [-0.05, 0) is 11.6 Å². The number of hydrogen-bond acceptors (Lipinski definition) is 6. The summed E-state index contributed by atoms with van der Waals surface area (Å²) in [5, 5.41) is 25.4. The molecule has 2 atom stereocenters. The number of carbonyl (C=O) groups excluding carboxylic acids is 3. The Labute approximate surface area is 176 Å². The fourth-order valence-electron chi connectivity index (χ4n) is 2.93. The molecule has 0 spiro atoms. The SMILES string of the molecule is NCC(=O)NC(CC(=O)O)C(=O)NC(Cc1c[nH]c2ccccc12)C(=O)NCC(=O)O. The largest absolute Gasteiger partial charge is 0.481 e. The fraction of sp³-hybridized carbons (Fsp3) is 0.316. The van der Waals surface area contributed by atoms with Gasteiger partial charge in [-0.1, -0.05) is 18.2 Å². The van der Waals surface area contributed by atoms with Crippen LogP contribution >= 0.6 is 0 Å². The number of aromatic amines is 1. The molecule has 2 aromatic rings. The number of benzene rings is 1. The van der Waals surface area contributed by atoms with Crippen LogP contribution in [0.2, 0.25) is 0 Å². The van der Waals surface area contributed by atoms with Gasteiger partial charge >= 0.3 is 11.9 Å². The first-order valence-corrected chi connectivity index (χ1v) is 9.27. The molecule has 0 aliphatic carbocycles. The zero-order valence-corrected chi connectivity index (χ0v) is 16.4. The van der Waals surface area contributed by atoms with Crippen molar-refractivity contribution < 1.29 is 34.2 Å². The number of nitrogens with one attached hydrogen (secondary N) is 4. The van der Waals surface area contributed by atoms with Gasteiger partial charge in [-0.15, -0.1) is 0 Å². The Bertz CT molecular complexity index is 987. The van der Waals surface area contributed by atoms with Crippen LogP contribution in [0.4, 0.5) is 0 Å². The fourth-order valence-corrected chi connectivity index (χ4v) is 2.93. The molecule has 12 heteroatoms. The Morgan fingerprint density at radius 2 is 1.68 bits per heavy atom. The molecule has 0 saturated heterocycles. The Hall–Kier alpha value is -3.93. The molecular weight excluding hydrogens is 410 g/mol. The summed E-state index contributed by atoms with van der Waals surface area (Å²) in [6.07, 6.45) is 0.916. The molecular formula is C19H23N5O7. The summed E-state index contributed by atoms with van der Waals surface area (Å²) in [6, 6.07) is 4.55. The maximum Gasteiger partial charge on any atom is 0.322 e. The minimum Gasteiger partial charge on any atom is -0.481 e. The van der Waals surface area contributed by atoms with Crippen molar-refractivity contribution >= 4 is 40.6 Å². The summed E-state index contributed by atoms with van der Waals surface area (Å²) in [5.41, 5.74) is 6.67. The predicted molar refractivity (Wildman–Crippen MR) is 108 cm³/mol. The highest BCUT2D eigenvalue weighted by molar-refractivity contribution is 5.95. The van der Waals surface area contributed by atoms with Crippen LogP contribution < -0.4 is 21.7 Å². The van der Waals surface area contributed by atoms with E-state index in [2.05, 4.69) is 20.9 Å². The molecule has 2 unspecified atom stereocenters. The molecule has 0 bridgehead atoms. The molecule has 166 valence electrons. The third-order valence-corrected chi connectivity index (χ3v) is 4.36. The summed E-state index contributed by atoms with van der Waals surface area (Å²) in [7, 11) is 0. The zero-order chi connectivity index (χ0) is 23.0. The van der Waals surface area contributed by atoms with Crippen molar-refractivity contribution in [3.63, 3.8) is 0 Å². The summed E-state index contributed by atoms with van der Waals surface area (Å²) in [4.78, 5) is 61.6. The van der Waals surface area contributed by atoms with Crippen molar-refractivity contribution in [3.8, 4) is 0 Å². The average molecular weight is 433 g/mol. The Morgan fingerprint density at radius 3 is 2.32 bits per heavy atom. The Kier molecular flexibility index (Phi) is 8.09. The lowest BCUT2D eigenvalue weighted by atomic mass is 10.0. The second-order valence-corrected chi connectivity index (χ2v) is 6.66. The topological polar surface area (TPSA) is 204 Å². The number of carboxylic acids is 2. The van der Waals surface area contributed by atoms with Crippen molar-refractivity contribution in [1.82, 2.24) is 20.9 Å². The third-order valence-electron chi connectivity index (χ3n) is 4.36. The van der Waals surface area contributed by atoms with E-state index in [9.17, 15) is 24.0 Å². The van der Waals surface area contributed by atoms with Crippen LogP contribution in [0.15, 0.2) is 30.5 Å². The van der Waals surface area contributed by atoms with Gasteiger partial charge in [0, 0.05) is 23.5 Å². The molecule has 2 rings (SSSR count). The van der Waals surface area contributed by atoms with Crippen LogP contribution in [0.5, 0.6) is 0 Å². The number of H-pyrrole nitrogens is 1. The van der Waals surface area contributed by atoms with Crippen molar-refractivity contribution in [2.75, 3.05) is 13.1 Å². The normalized spacial score (nSPS) is 12.5. The molecule has 31 heavy (non-hydrogen) atoms. The molecule has 12 nitrogen and oxygen atoms in total. The number of amides is 3. The smallest absolute Gasteiger partial charge is 0.322 e. The molecule has 1 heterocycles. The highest BCUT2D eigenvalue weighted by Crippen LogP contribution is 2.19. The first kappa shape index (κ1) is 23.3. The predicted octanol–water partition coefficient (Wildman–Crippen LogP) is -1.69. The lowest BCUT2D eigenvalue weighted by Gasteiger charge is -2.22. The second kappa shape index (κ2) is 10.7. The summed E-state index contributed by atoms with van der Waals surface area (Å²) in [5.74, 6) is -5.06. The molecule has 0 aliphatic heterocycles. The maximum absolute atomic E-state index is 12.6. The number of para-hydroxylation sites is 1. The van der Waals surface area contributed by atoms with E-state index >= 15 is 0 Å². The number of aromatic nitrogens is 1. The molecule has 0 fully saturated rings. The van der Waals surface area contributed by atoms with Gasteiger partial charge in [0.1, 0.15) is 18.6 Å².